The third-order valence-electron chi connectivity index (χ3n) is 3.55. The number of rotatable bonds is 4. The van der Waals surface area contributed by atoms with Gasteiger partial charge in [0.05, 0.1) is 6.04 Å². The lowest BCUT2D eigenvalue weighted by Crippen LogP contribution is -2.29. The Kier molecular flexibility index (Phi) is 4.83. The Bertz CT molecular complexity index is 610. The Labute approximate surface area is 129 Å². The maximum absolute atomic E-state index is 12.5. The number of carbonyl (C=O) groups excluding carboxylic acids is 1. The first kappa shape index (κ1) is 15.4. The van der Waals surface area contributed by atoms with E-state index in [1.165, 1.54) is 0 Å². The van der Waals surface area contributed by atoms with Crippen LogP contribution in [0.1, 0.15) is 28.9 Å². The lowest BCUT2D eigenvalue weighted by Gasteiger charge is -2.25. The van der Waals surface area contributed by atoms with Gasteiger partial charge in [0.2, 0.25) is 0 Å². The number of nitrogens with two attached hydrogens (primary N) is 1. The summed E-state index contributed by atoms with van der Waals surface area (Å²) in [5, 5.41) is 0.685. The molecule has 0 saturated heterocycles. The first-order valence-corrected chi connectivity index (χ1v) is 7.00. The predicted octanol–water partition coefficient (Wildman–Crippen LogP) is 3.46. The van der Waals surface area contributed by atoms with Crippen molar-refractivity contribution in [2.75, 3.05) is 12.5 Å². The lowest BCUT2D eigenvalue weighted by atomic mass is 10.1. The fraction of sp³-hybridized carbons (Fsp3) is 0.188. The van der Waals surface area contributed by atoms with Crippen molar-refractivity contribution < 1.29 is 4.79 Å². The molecule has 2 aromatic carbocycles. The van der Waals surface area contributed by atoms with Crippen LogP contribution in [0.4, 0.5) is 5.69 Å². The molecule has 0 aliphatic heterocycles. The highest BCUT2D eigenvalue weighted by Crippen LogP contribution is 2.22. The highest BCUT2D eigenvalue weighted by Gasteiger charge is 2.18. The number of amides is 1. The van der Waals surface area contributed by atoms with Gasteiger partial charge in [-0.3, -0.25) is 10.6 Å². The van der Waals surface area contributed by atoms with Crippen LogP contribution < -0.4 is 11.3 Å². The minimum atomic E-state index is -0.0407. The van der Waals surface area contributed by atoms with Crippen molar-refractivity contribution in [2.24, 2.45) is 5.84 Å². The van der Waals surface area contributed by atoms with E-state index in [0.29, 0.717) is 10.6 Å². The van der Waals surface area contributed by atoms with Gasteiger partial charge in [-0.2, -0.15) is 0 Å². The van der Waals surface area contributed by atoms with Gasteiger partial charge < -0.3 is 10.3 Å². The molecule has 0 fully saturated rings. The molecule has 0 aliphatic carbocycles. The largest absolute Gasteiger partial charge is 0.335 e. The van der Waals surface area contributed by atoms with Gasteiger partial charge in [-0.1, -0.05) is 23.7 Å². The smallest absolute Gasteiger partial charge is 0.254 e. The zero-order valence-corrected chi connectivity index (χ0v) is 12.8. The van der Waals surface area contributed by atoms with Crippen LogP contribution in [0, 0.1) is 0 Å². The molecule has 0 spiro atoms. The van der Waals surface area contributed by atoms with Crippen LogP contribution in [-0.4, -0.2) is 17.9 Å². The Hall–Kier alpha value is -2.04. The average Bonchev–Trinajstić information content (AvgIpc) is 2.53. The van der Waals surface area contributed by atoms with E-state index in [-0.39, 0.29) is 11.9 Å². The third kappa shape index (κ3) is 3.54. The quantitative estimate of drug-likeness (QED) is 0.672. The molecule has 2 aromatic rings. The van der Waals surface area contributed by atoms with Crippen LogP contribution in [0.2, 0.25) is 5.02 Å². The van der Waals surface area contributed by atoms with Crippen LogP contribution in [0.5, 0.6) is 0 Å². The zero-order chi connectivity index (χ0) is 15.4. The van der Waals surface area contributed by atoms with E-state index in [0.717, 1.165) is 11.3 Å². The number of nitrogens with zero attached hydrogens (tertiary/aromatic N) is 1. The van der Waals surface area contributed by atoms with Crippen molar-refractivity contribution in [1.29, 1.82) is 0 Å². The SMILES string of the molecule is CC(c1ccc(Cl)cc1)N(C)C(=O)c1ccc(NN)cc1. The predicted molar refractivity (Wildman–Crippen MR) is 86.2 cm³/mol. The van der Waals surface area contributed by atoms with Crippen LogP contribution in [0.3, 0.4) is 0 Å². The van der Waals surface area contributed by atoms with E-state index in [9.17, 15) is 4.79 Å². The molecule has 1 unspecified atom stereocenters. The van der Waals surface area contributed by atoms with Gasteiger partial charge in [-0.25, -0.2) is 0 Å². The second-order valence-electron chi connectivity index (χ2n) is 4.87. The Morgan fingerprint density at radius 1 is 1.14 bits per heavy atom. The standard InChI is InChI=1S/C16H18ClN3O/c1-11(12-3-7-14(17)8-4-12)20(2)16(21)13-5-9-15(19-18)10-6-13/h3-11,19H,18H2,1-2H3. The van der Waals surface area contributed by atoms with Crippen molar-refractivity contribution in [2.45, 2.75) is 13.0 Å². The molecule has 3 N–H and O–H groups in total. The molecule has 0 bridgehead atoms. The molecule has 4 nitrogen and oxygen atoms in total. The number of benzene rings is 2. The summed E-state index contributed by atoms with van der Waals surface area (Å²) in [6.07, 6.45) is 0. The summed E-state index contributed by atoms with van der Waals surface area (Å²) in [6.45, 7) is 1.98. The maximum atomic E-state index is 12.5. The van der Waals surface area contributed by atoms with E-state index < -0.39 is 0 Å². The van der Waals surface area contributed by atoms with Gasteiger partial charge >= 0.3 is 0 Å². The van der Waals surface area contributed by atoms with Gasteiger partial charge in [0.25, 0.3) is 5.91 Å². The van der Waals surface area contributed by atoms with Crippen LogP contribution in [-0.2, 0) is 0 Å². The first-order chi connectivity index (χ1) is 10.0. The second-order valence-corrected chi connectivity index (χ2v) is 5.30. The van der Waals surface area contributed by atoms with E-state index in [2.05, 4.69) is 5.43 Å². The van der Waals surface area contributed by atoms with E-state index >= 15 is 0 Å². The van der Waals surface area contributed by atoms with Crippen LogP contribution >= 0.6 is 11.6 Å². The van der Waals surface area contributed by atoms with E-state index in [4.69, 9.17) is 17.4 Å². The van der Waals surface area contributed by atoms with Gasteiger partial charge in [0.1, 0.15) is 0 Å². The number of hydrazine groups is 1. The average molecular weight is 304 g/mol. The molecule has 0 aliphatic rings. The number of hydrogen-bond acceptors (Lipinski definition) is 3. The zero-order valence-electron chi connectivity index (χ0n) is 12.0. The summed E-state index contributed by atoms with van der Waals surface area (Å²) in [4.78, 5) is 14.2. The molecular formula is C16H18ClN3O. The summed E-state index contributed by atoms with van der Waals surface area (Å²) in [7, 11) is 1.79. The minimum absolute atomic E-state index is 0.0397. The van der Waals surface area contributed by atoms with Gasteiger partial charge in [0.15, 0.2) is 0 Å². The summed E-state index contributed by atoms with van der Waals surface area (Å²) in [5.41, 5.74) is 4.96. The van der Waals surface area contributed by atoms with Crippen molar-refractivity contribution in [1.82, 2.24) is 4.90 Å². The Morgan fingerprint density at radius 3 is 2.24 bits per heavy atom. The molecule has 0 aromatic heterocycles. The molecule has 5 heteroatoms. The number of anilines is 1. The van der Waals surface area contributed by atoms with Crippen molar-refractivity contribution in [3.63, 3.8) is 0 Å². The number of carbonyl (C=O) groups is 1. The van der Waals surface area contributed by atoms with Crippen molar-refractivity contribution >= 4 is 23.2 Å². The molecule has 0 radical (unpaired) electrons. The molecule has 0 saturated carbocycles. The summed E-state index contributed by atoms with van der Waals surface area (Å²) in [5.74, 6) is 5.28. The minimum Gasteiger partial charge on any atom is -0.335 e. The molecule has 0 heterocycles. The van der Waals surface area contributed by atoms with Crippen molar-refractivity contribution in [3.05, 3.63) is 64.7 Å². The second kappa shape index (κ2) is 6.61. The van der Waals surface area contributed by atoms with E-state index in [1.807, 2.05) is 31.2 Å². The Morgan fingerprint density at radius 2 is 1.71 bits per heavy atom. The monoisotopic (exact) mass is 303 g/mol. The Balaban J connectivity index is 2.15. The molecular weight excluding hydrogens is 286 g/mol. The molecule has 2 rings (SSSR count). The third-order valence-corrected chi connectivity index (χ3v) is 3.80. The summed E-state index contributed by atoms with van der Waals surface area (Å²) in [6, 6.07) is 14.5. The number of hydrogen-bond donors (Lipinski definition) is 2. The van der Waals surface area contributed by atoms with Gasteiger partial charge in [0, 0.05) is 23.3 Å². The highest BCUT2D eigenvalue weighted by molar-refractivity contribution is 6.30. The van der Waals surface area contributed by atoms with Crippen LogP contribution in [0.15, 0.2) is 48.5 Å². The van der Waals surface area contributed by atoms with Crippen LogP contribution in [0.25, 0.3) is 0 Å². The van der Waals surface area contributed by atoms with Gasteiger partial charge in [-0.05, 0) is 48.9 Å². The fourth-order valence-electron chi connectivity index (χ4n) is 2.05. The maximum Gasteiger partial charge on any atom is 0.254 e. The molecule has 21 heavy (non-hydrogen) atoms. The number of halogens is 1. The summed E-state index contributed by atoms with van der Waals surface area (Å²) < 4.78 is 0. The van der Waals surface area contributed by atoms with E-state index in [1.54, 1.807) is 36.2 Å². The summed E-state index contributed by atoms with van der Waals surface area (Å²) >= 11 is 5.89. The molecule has 110 valence electrons. The molecule has 1 atom stereocenters. The first-order valence-electron chi connectivity index (χ1n) is 6.62. The van der Waals surface area contributed by atoms with Crippen molar-refractivity contribution in [3.8, 4) is 0 Å². The highest BCUT2D eigenvalue weighted by atomic mass is 35.5. The topological polar surface area (TPSA) is 58.4 Å². The number of nitrogen functional groups attached to an aromatic ring is 1. The number of nitrogens with one attached hydrogen (secondary N) is 1. The fourth-order valence-corrected chi connectivity index (χ4v) is 2.18. The lowest BCUT2D eigenvalue weighted by molar-refractivity contribution is 0.0742. The van der Waals surface area contributed by atoms with Gasteiger partial charge in [-0.15, -0.1) is 0 Å². The normalized spacial score (nSPS) is 11.8. The molecule has 1 amide bonds.